The maximum atomic E-state index is 12.1. The summed E-state index contributed by atoms with van der Waals surface area (Å²) in [6.07, 6.45) is 3.15. The lowest BCUT2D eigenvalue weighted by atomic mass is 10.0. The van der Waals surface area contributed by atoms with Crippen molar-refractivity contribution in [2.45, 2.75) is 32.2 Å². The maximum absolute atomic E-state index is 12.1. The number of likely N-dealkylation sites (tertiary alicyclic amines) is 1. The number of rotatable bonds is 4. The number of benzene rings is 1. The molecule has 1 aromatic carbocycles. The quantitative estimate of drug-likeness (QED) is 0.897. The Balaban J connectivity index is 1.94. The number of halogens is 1. The van der Waals surface area contributed by atoms with Crippen LogP contribution in [0.1, 0.15) is 24.8 Å². The molecule has 2 rings (SSSR count). The summed E-state index contributed by atoms with van der Waals surface area (Å²) in [5.41, 5.74) is 1.70. The van der Waals surface area contributed by atoms with Gasteiger partial charge in [0.2, 0.25) is 5.91 Å². The second kappa shape index (κ2) is 7.07. The molecule has 1 amide bonds. The van der Waals surface area contributed by atoms with Crippen LogP contribution in [0.4, 0.5) is 5.69 Å². The smallest absolute Gasteiger partial charge is 0.238 e. The molecule has 2 N–H and O–H groups in total. The first-order chi connectivity index (χ1) is 9.60. The summed E-state index contributed by atoms with van der Waals surface area (Å²) in [7, 11) is 0. The Morgan fingerprint density at radius 2 is 2.30 bits per heavy atom. The van der Waals surface area contributed by atoms with Crippen LogP contribution < -0.4 is 5.32 Å². The lowest BCUT2D eigenvalue weighted by Gasteiger charge is -2.33. The van der Waals surface area contributed by atoms with E-state index in [1.807, 2.05) is 30.0 Å². The summed E-state index contributed by atoms with van der Waals surface area (Å²) >= 11 is 6.10. The Hall–Kier alpha value is -1.10. The number of hydrogen-bond donors (Lipinski definition) is 2. The fourth-order valence-corrected chi connectivity index (χ4v) is 2.85. The Morgan fingerprint density at radius 3 is 3.00 bits per heavy atom. The number of piperidine rings is 1. The molecule has 1 unspecified atom stereocenters. The molecule has 0 spiro atoms. The van der Waals surface area contributed by atoms with E-state index in [2.05, 4.69) is 5.32 Å². The number of aliphatic hydroxyl groups is 1. The van der Waals surface area contributed by atoms with Gasteiger partial charge in [-0.05, 0) is 44.0 Å². The van der Waals surface area contributed by atoms with Crippen LogP contribution in [0.5, 0.6) is 0 Å². The third kappa shape index (κ3) is 3.95. The van der Waals surface area contributed by atoms with Crippen LogP contribution in [0, 0.1) is 6.92 Å². The van der Waals surface area contributed by atoms with Gasteiger partial charge in [-0.3, -0.25) is 9.69 Å². The Morgan fingerprint density at radius 1 is 1.50 bits per heavy atom. The molecule has 0 aromatic heterocycles. The van der Waals surface area contributed by atoms with Crippen molar-refractivity contribution in [2.75, 3.05) is 25.0 Å². The zero-order valence-corrected chi connectivity index (χ0v) is 12.5. The normalized spacial score (nSPS) is 19.9. The second-order valence-electron chi connectivity index (χ2n) is 5.33. The van der Waals surface area contributed by atoms with E-state index in [0.717, 1.165) is 31.4 Å². The van der Waals surface area contributed by atoms with Crippen LogP contribution in [0.2, 0.25) is 5.02 Å². The highest BCUT2D eigenvalue weighted by atomic mass is 35.5. The first-order valence-corrected chi connectivity index (χ1v) is 7.39. The van der Waals surface area contributed by atoms with Crippen molar-refractivity contribution >= 4 is 23.2 Å². The van der Waals surface area contributed by atoms with Crippen LogP contribution in [0.3, 0.4) is 0 Å². The van der Waals surface area contributed by atoms with Crippen molar-refractivity contribution in [2.24, 2.45) is 0 Å². The molecule has 110 valence electrons. The Bertz CT molecular complexity index is 479. The van der Waals surface area contributed by atoms with Gasteiger partial charge in [0.1, 0.15) is 0 Å². The molecule has 4 nitrogen and oxygen atoms in total. The maximum Gasteiger partial charge on any atom is 0.238 e. The average Bonchev–Trinajstić information content (AvgIpc) is 2.42. The number of aryl methyl sites for hydroxylation is 1. The highest BCUT2D eigenvalue weighted by Crippen LogP contribution is 2.23. The third-order valence-corrected chi connectivity index (χ3v) is 4.02. The van der Waals surface area contributed by atoms with Gasteiger partial charge >= 0.3 is 0 Å². The molecule has 1 aliphatic rings. The predicted molar refractivity (Wildman–Crippen MR) is 81.1 cm³/mol. The van der Waals surface area contributed by atoms with Crippen molar-refractivity contribution in [1.29, 1.82) is 0 Å². The minimum atomic E-state index is -0.0869. The van der Waals surface area contributed by atoms with Crippen molar-refractivity contribution in [3.63, 3.8) is 0 Å². The van der Waals surface area contributed by atoms with Crippen molar-refractivity contribution in [3.8, 4) is 0 Å². The van der Waals surface area contributed by atoms with Gasteiger partial charge in [0.05, 0.1) is 23.9 Å². The van der Waals surface area contributed by atoms with E-state index < -0.39 is 0 Å². The van der Waals surface area contributed by atoms with E-state index in [9.17, 15) is 9.90 Å². The van der Waals surface area contributed by atoms with Crippen LogP contribution in [-0.2, 0) is 4.79 Å². The fraction of sp³-hybridized carbons (Fsp3) is 0.533. The number of nitrogens with zero attached hydrogens (tertiary/aromatic N) is 1. The van der Waals surface area contributed by atoms with Gasteiger partial charge in [0, 0.05) is 6.04 Å². The monoisotopic (exact) mass is 296 g/mol. The van der Waals surface area contributed by atoms with E-state index >= 15 is 0 Å². The number of amides is 1. The zero-order chi connectivity index (χ0) is 14.5. The van der Waals surface area contributed by atoms with Gasteiger partial charge in [-0.15, -0.1) is 0 Å². The molecule has 0 radical (unpaired) electrons. The molecule has 1 aromatic rings. The van der Waals surface area contributed by atoms with E-state index in [1.54, 1.807) is 0 Å². The van der Waals surface area contributed by atoms with E-state index in [4.69, 9.17) is 11.6 Å². The van der Waals surface area contributed by atoms with Crippen molar-refractivity contribution < 1.29 is 9.90 Å². The van der Waals surface area contributed by atoms with Gasteiger partial charge in [0.25, 0.3) is 0 Å². The Labute approximate surface area is 124 Å². The molecule has 5 heteroatoms. The number of carbonyl (C=O) groups is 1. The minimum absolute atomic E-state index is 0.0869. The van der Waals surface area contributed by atoms with Gasteiger partial charge in [-0.25, -0.2) is 0 Å². The lowest BCUT2D eigenvalue weighted by molar-refractivity contribution is -0.118. The number of carbonyl (C=O) groups excluding carboxylic acids is 1. The summed E-state index contributed by atoms with van der Waals surface area (Å²) in [5, 5.41) is 12.7. The molecule has 20 heavy (non-hydrogen) atoms. The summed E-state index contributed by atoms with van der Waals surface area (Å²) in [6.45, 7) is 3.23. The average molecular weight is 297 g/mol. The highest BCUT2D eigenvalue weighted by Gasteiger charge is 2.23. The molecular weight excluding hydrogens is 276 g/mol. The van der Waals surface area contributed by atoms with Gasteiger partial charge in [-0.2, -0.15) is 0 Å². The van der Waals surface area contributed by atoms with Crippen LogP contribution in [0.25, 0.3) is 0 Å². The summed E-state index contributed by atoms with van der Waals surface area (Å²) in [4.78, 5) is 14.1. The standard InChI is InChI=1S/C15H21ClN2O2/c1-11-5-6-14(13(16)8-11)17-15(20)9-18-7-3-2-4-12(18)10-19/h5-6,8,12,19H,2-4,7,9-10H2,1H3,(H,17,20). The van der Waals surface area contributed by atoms with Gasteiger partial charge in [-0.1, -0.05) is 24.1 Å². The van der Waals surface area contributed by atoms with Crippen molar-refractivity contribution in [3.05, 3.63) is 28.8 Å². The van der Waals surface area contributed by atoms with E-state index in [-0.39, 0.29) is 18.6 Å². The van der Waals surface area contributed by atoms with E-state index in [1.165, 1.54) is 0 Å². The molecule has 1 fully saturated rings. The molecule has 1 aliphatic heterocycles. The number of hydrogen-bond acceptors (Lipinski definition) is 3. The lowest BCUT2D eigenvalue weighted by Crippen LogP contribution is -2.45. The van der Waals surface area contributed by atoms with Crippen LogP contribution >= 0.6 is 11.6 Å². The van der Waals surface area contributed by atoms with Gasteiger partial charge in [0.15, 0.2) is 0 Å². The molecule has 1 saturated heterocycles. The first-order valence-electron chi connectivity index (χ1n) is 7.01. The molecule has 0 bridgehead atoms. The molecular formula is C15H21ClN2O2. The first kappa shape index (κ1) is 15.3. The molecule has 0 aliphatic carbocycles. The summed E-state index contributed by atoms with van der Waals surface area (Å²) in [5.74, 6) is -0.0869. The zero-order valence-electron chi connectivity index (χ0n) is 11.7. The van der Waals surface area contributed by atoms with E-state index in [0.29, 0.717) is 17.3 Å². The van der Waals surface area contributed by atoms with Gasteiger partial charge < -0.3 is 10.4 Å². The molecule has 1 heterocycles. The number of anilines is 1. The predicted octanol–water partition coefficient (Wildman–Crippen LogP) is 2.43. The topological polar surface area (TPSA) is 52.6 Å². The minimum Gasteiger partial charge on any atom is -0.395 e. The highest BCUT2D eigenvalue weighted by molar-refractivity contribution is 6.33. The van der Waals surface area contributed by atoms with Crippen LogP contribution in [-0.4, -0.2) is 41.7 Å². The third-order valence-electron chi connectivity index (χ3n) is 3.71. The summed E-state index contributed by atoms with van der Waals surface area (Å²) in [6, 6.07) is 5.66. The fourth-order valence-electron chi connectivity index (χ4n) is 2.57. The number of aliphatic hydroxyl groups excluding tert-OH is 1. The molecule has 1 atom stereocenters. The summed E-state index contributed by atoms with van der Waals surface area (Å²) < 4.78 is 0. The Kier molecular flexibility index (Phi) is 5.40. The second-order valence-corrected chi connectivity index (χ2v) is 5.74. The SMILES string of the molecule is Cc1ccc(NC(=O)CN2CCCCC2CO)c(Cl)c1. The van der Waals surface area contributed by atoms with Crippen molar-refractivity contribution in [1.82, 2.24) is 4.90 Å². The number of nitrogens with one attached hydrogen (secondary N) is 1. The van der Waals surface area contributed by atoms with Crippen LogP contribution in [0.15, 0.2) is 18.2 Å². The molecule has 0 saturated carbocycles. The largest absolute Gasteiger partial charge is 0.395 e.